The molecule has 0 unspecified atom stereocenters. The first-order chi connectivity index (χ1) is 7.99. The first-order valence-corrected chi connectivity index (χ1v) is 6.29. The molecule has 2 rings (SSSR count). The van der Waals surface area contributed by atoms with Crippen molar-refractivity contribution in [2.75, 3.05) is 0 Å². The van der Waals surface area contributed by atoms with Crippen LogP contribution in [-0.4, -0.2) is 9.78 Å². The summed E-state index contributed by atoms with van der Waals surface area (Å²) in [5.74, 6) is 1.34. The predicted octanol–water partition coefficient (Wildman–Crippen LogP) is 4.25. The second-order valence-corrected chi connectivity index (χ2v) is 5.14. The maximum atomic E-state index is 6.11. The van der Waals surface area contributed by atoms with Gasteiger partial charge in [-0.15, -0.1) is 0 Å². The van der Waals surface area contributed by atoms with Crippen LogP contribution in [0.4, 0.5) is 0 Å². The van der Waals surface area contributed by atoms with Gasteiger partial charge in [-0.2, -0.15) is 5.10 Å². The second-order valence-electron chi connectivity index (χ2n) is 3.82. The van der Waals surface area contributed by atoms with Crippen LogP contribution in [0.15, 0.2) is 22.7 Å². The fraction of sp³-hybridized carbons (Fsp3) is 0.250. The van der Waals surface area contributed by atoms with Crippen LogP contribution < -0.4 is 4.74 Å². The normalized spacial score (nSPS) is 10.6. The van der Waals surface area contributed by atoms with Gasteiger partial charge in [-0.1, -0.05) is 27.5 Å². The van der Waals surface area contributed by atoms with Crippen LogP contribution in [0.1, 0.15) is 11.3 Å². The Morgan fingerprint density at radius 2 is 2.06 bits per heavy atom. The summed E-state index contributed by atoms with van der Waals surface area (Å²) < 4.78 is 8.43. The molecular weight excluding hydrogens is 304 g/mol. The Hall–Kier alpha value is -1.000. The Morgan fingerprint density at radius 3 is 2.59 bits per heavy atom. The van der Waals surface area contributed by atoms with Crippen molar-refractivity contribution in [3.05, 3.63) is 39.0 Å². The van der Waals surface area contributed by atoms with Crippen molar-refractivity contribution in [1.82, 2.24) is 9.78 Å². The molecule has 0 saturated heterocycles. The van der Waals surface area contributed by atoms with Gasteiger partial charge >= 0.3 is 0 Å². The Balaban J connectivity index is 2.38. The average Bonchev–Trinajstić information content (AvgIpc) is 2.48. The molecule has 0 fully saturated rings. The minimum Gasteiger partial charge on any atom is -0.437 e. The molecule has 1 aromatic heterocycles. The summed E-state index contributed by atoms with van der Waals surface area (Å²) >= 11 is 9.46. The van der Waals surface area contributed by atoms with Crippen LogP contribution in [0.2, 0.25) is 5.02 Å². The van der Waals surface area contributed by atoms with Crippen molar-refractivity contribution in [3.8, 4) is 11.6 Å². The number of hydrogen-bond acceptors (Lipinski definition) is 2. The summed E-state index contributed by atoms with van der Waals surface area (Å²) in [6.07, 6.45) is 0. The van der Waals surface area contributed by atoms with Gasteiger partial charge < -0.3 is 4.74 Å². The van der Waals surface area contributed by atoms with E-state index >= 15 is 0 Å². The van der Waals surface area contributed by atoms with Crippen molar-refractivity contribution in [3.63, 3.8) is 0 Å². The average molecular weight is 316 g/mol. The van der Waals surface area contributed by atoms with Gasteiger partial charge in [0.05, 0.1) is 10.7 Å². The monoisotopic (exact) mass is 314 g/mol. The molecule has 0 atom stereocenters. The Kier molecular flexibility index (Phi) is 3.45. The van der Waals surface area contributed by atoms with E-state index < -0.39 is 0 Å². The lowest BCUT2D eigenvalue weighted by atomic mass is 10.3. The second kappa shape index (κ2) is 4.70. The number of hydrogen-bond donors (Lipinski definition) is 0. The van der Waals surface area contributed by atoms with E-state index in [2.05, 4.69) is 21.0 Å². The van der Waals surface area contributed by atoms with Crippen molar-refractivity contribution in [2.24, 2.45) is 7.05 Å². The molecule has 90 valence electrons. The molecule has 17 heavy (non-hydrogen) atoms. The lowest BCUT2D eigenvalue weighted by molar-refractivity contribution is 0.428. The molecule has 0 saturated carbocycles. The summed E-state index contributed by atoms with van der Waals surface area (Å²) in [5.41, 5.74) is 1.97. The standard InChI is InChI=1S/C12H12BrClN2O/c1-7-8(2)15-16(3)12(7)17-11-5-4-9(13)6-10(11)14/h4-6H,1-3H3. The highest BCUT2D eigenvalue weighted by Gasteiger charge is 2.12. The third-order valence-electron chi connectivity index (χ3n) is 2.56. The van der Waals surface area contributed by atoms with E-state index in [0.29, 0.717) is 16.7 Å². The van der Waals surface area contributed by atoms with Gasteiger partial charge in [-0.25, -0.2) is 4.68 Å². The smallest absolute Gasteiger partial charge is 0.220 e. The number of benzene rings is 1. The van der Waals surface area contributed by atoms with E-state index in [1.807, 2.05) is 33.0 Å². The molecule has 3 nitrogen and oxygen atoms in total. The maximum Gasteiger partial charge on any atom is 0.220 e. The third-order valence-corrected chi connectivity index (χ3v) is 3.35. The van der Waals surface area contributed by atoms with Gasteiger partial charge in [0.1, 0.15) is 5.75 Å². The zero-order chi connectivity index (χ0) is 12.6. The molecule has 0 amide bonds. The first kappa shape index (κ1) is 12.5. The molecule has 0 aliphatic rings. The van der Waals surface area contributed by atoms with Crippen LogP contribution in [-0.2, 0) is 7.05 Å². The lowest BCUT2D eigenvalue weighted by Gasteiger charge is -2.08. The molecule has 1 aromatic carbocycles. The zero-order valence-corrected chi connectivity index (χ0v) is 12.1. The summed E-state index contributed by atoms with van der Waals surface area (Å²) in [7, 11) is 1.85. The summed E-state index contributed by atoms with van der Waals surface area (Å²) in [6, 6.07) is 5.52. The van der Waals surface area contributed by atoms with E-state index in [-0.39, 0.29) is 0 Å². The number of ether oxygens (including phenoxy) is 1. The molecule has 5 heteroatoms. The minimum absolute atomic E-state index is 0.567. The van der Waals surface area contributed by atoms with Crippen LogP contribution >= 0.6 is 27.5 Å². The zero-order valence-electron chi connectivity index (χ0n) is 9.79. The molecule has 1 heterocycles. The van der Waals surface area contributed by atoms with Gasteiger partial charge in [0.15, 0.2) is 0 Å². The maximum absolute atomic E-state index is 6.11. The predicted molar refractivity (Wildman–Crippen MR) is 71.9 cm³/mol. The first-order valence-electron chi connectivity index (χ1n) is 5.12. The fourth-order valence-electron chi connectivity index (χ4n) is 1.55. The molecule has 2 aromatic rings. The van der Waals surface area contributed by atoms with Gasteiger partial charge in [0.25, 0.3) is 0 Å². The Bertz CT molecular complexity index is 566. The topological polar surface area (TPSA) is 27.1 Å². The highest BCUT2D eigenvalue weighted by Crippen LogP contribution is 2.33. The molecular formula is C12H12BrClN2O. The summed E-state index contributed by atoms with van der Waals surface area (Å²) in [5, 5.41) is 4.86. The summed E-state index contributed by atoms with van der Waals surface area (Å²) in [6.45, 7) is 3.93. The van der Waals surface area contributed by atoms with E-state index in [4.69, 9.17) is 16.3 Å². The Morgan fingerprint density at radius 1 is 1.35 bits per heavy atom. The van der Waals surface area contributed by atoms with Crippen molar-refractivity contribution in [1.29, 1.82) is 0 Å². The van der Waals surface area contributed by atoms with Gasteiger partial charge in [0.2, 0.25) is 5.88 Å². The molecule has 0 aliphatic heterocycles. The number of nitrogens with zero attached hydrogens (tertiary/aromatic N) is 2. The number of halogens is 2. The number of aromatic nitrogens is 2. The van der Waals surface area contributed by atoms with Crippen molar-refractivity contribution in [2.45, 2.75) is 13.8 Å². The molecule has 0 bridgehead atoms. The largest absolute Gasteiger partial charge is 0.437 e. The van der Waals surface area contributed by atoms with Crippen LogP contribution in [0.3, 0.4) is 0 Å². The Labute approximate surface area is 113 Å². The molecule has 0 spiro atoms. The van der Waals surface area contributed by atoms with E-state index in [1.54, 1.807) is 10.7 Å². The number of aryl methyl sites for hydroxylation is 2. The number of rotatable bonds is 2. The van der Waals surface area contributed by atoms with Gasteiger partial charge in [-0.3, -0.25) is 0 Å². The van der Waals surface area contributed by atoms with E-state index in [1.165, 1.54) is 0 Å². The van der Waals surface area contributed by atoms with Crippen LogP contribution in [0.5, 0.6) is 11.6 Å². The van der Waals surface area contributed by atoms with Crippen LogP contribution in [0, 0.1) is 13.8 Å². The van der Waals surface area contributed by atoms with Crippen molar-refractivity contribution < 1.29 is 4.74 Å². The van der Waals surface area contributed by atoms with E-state index in [0.717, 1.165) is 15.7 Å². The highest BCUT2D eigenvalue weighted by atomic mass is 79.9. The molecule has 0 radical (unpaired) electrons. The lowest BCUT2D eigenvalue weighted by Crippen LogP contribution is -1.96. The van der Waals surface area contributed by atoms with Crippen molar-refractivity contribution >= 4 is 27.5 Å². The van der Waals surface area contributed by atoms with E-state index in [9.17, 15) is 0 Å². The fourth-order valence-corrected chi connectivity index (χ4v) is 2.26. The quantitative estimate of drug-likeness (QED) is 0.828. The third kappa shape index (κ3) is 2.48. The minimum atomic E-state index is 0.567. The molecule has 0 aliphatic carbocycles. The highest BCUT2D eigenvalue weighted by molar-refractivity contribution is 9.10. The SMILES string of the molecule is Cc1nn(C)c(Oc2ccc(Br)cc2Cl)c1C. The van der Waals surface area contributed by atoms with Gasteiger partial charge in [0, 0.05) is 17.1 Å². The summed E-state index contributed by atoms with van der Waals surface area (Å²) in [4.78, 5) is 0. The van der Waals surface area contributed by atoms with Gasteiger partial charge in [-0.05, 0) is 32.0 Å². The van der Waals surface area contributed by atoms with Crippen LogP contribution in [0.25, 0.3) is 0 Å². The molecule has 0 N–H and O–H groups in total.